The summed E-state index contributed by atoms with van der Waals surface area (Å²) in [5, 5.41) is 6.33. The molecule has 0 spiro atoms. The number of rotatable bonds is 2. The van der Waals surface area contributed by atoms with Gasteiger partial charge in [0.25, 0.3) is 0 Å². The van der Waals surface area contributed by atoms with Gasteiger partial charge in [0, 0.05) is 23.2 Å². The van der Waals surface area contributed by atoms with Crippen molar-refractivity contribution in [1.29, 1.82) is 0 Å². The highest BCUT2D eigenvalue weighted by atomic mass is 35.5. The minimum Gasteiger partial charge on any atom is -0.260 e. The monoisotopic (exact) mass is 285 g/mol. The lowest BCUT2D eigenvalue weighted by molar-refractivity contribution is 0.535. The number of fused-ring (bicyclic) bond motifs is 1. The number of aryl methyl sites for hydroxylation is 1. The van der Waals surface area contributed by atoms with E-state index in [9.17, 15) is 0 Å². The van der Waals surface area contributed by atoms with Crippen LogP contribution in [0.3, 0.4) is 0 Å². The van der Waals surface area contributed by atoms with Crippen LogP contribution in [0.2, 0.25) is 5.02 Å². The van der Waals surface area contributed by atoms with Crippen molar-refractivity contribution in [3.63, 3.8) is 0 Å². The third kappa shape index (κ3) is 2.08. The molecule has 0 aliphatic rings. The molecule has 2 aromatic heterocycles. The minimum absolute atomic E-state index is 0.252. The Morgan fingerprint density at radius 3 is 2.70 bits per heavy atom. The van der Waals surface area contributed by atoms with E-state index >= 15 is 0 Å². The number of hydrogen-bond donors (Lipinski definition) is 0. The molecule has 4 heteroatoms. The third-order valence-corrected chi connectivity index (χ3v) is 3.82. The fraction of sp³-hybridized carbons (Fsp3) is 0.250. The summed E-state index contributed by atoms with van der Waals surface area (Å²) in [7, 11) is 0. The van der Waals surface area contributed by atoms with E-state index in [2.05, 4.69) is 36.1 Å². The maximum absolute atomic E-state index is 6.43. The van der Waals surface area contributed by atoms with Crippen molar-refractivity contribution in [2.24, 2.45) is 0 Å². The average Bonchev–Trinajstić information content (AvgIpc) is 2.75. The standard InChI is InChI=1S/C16H16ClN3/c1-10(2)20-16(15(17)11(3)19-20)13-8-12-6-4-5-7-14(12)18-9-13/h4-10H,1-3H3. The van der Waals surface area contributed by atoms with E-state index in [-0.39, 0.29) is 6.04 Å². The molecule has 0 N–H and O–H groups in total. The van der Waals surface area contributed by atoms with Crippen molar-refractivity contribution in [2.75, 3.05) is 0 Å². The lowest BCUT2D eigenvalue weighted by Gasteiger charge is -2.11. The molecular formula is C16H16ClN3. The van der Waals surface area contributed by atoms with Crippen LogP contribution in [0, 0.1) is 6.92 Å². The molecule has 20 heavy (non-hydrogen) atoms. The second-order valence-corrected chi connectivity index (χ2v) is 5.58. The number of aromatic nitrogens is 3. The van der Waals surface area contributed by atoms with Gasteiger partial charge < -0.3 is 0 Å². The van der Waals surface area contributed by atoms with Crippen LogP contribution < -0.4 is 0 Å². The number of benzene rings is 1. The van der Waals surface area contributed by atoms with Gasteiger partial charge in [-0.05, 0) is 32.9 Å². The van der Waals surface area contributed by atoms with Crippen LogP contribution in [0.25, 0.3) is 22.2 Å². The van der Waals surface area contributed by atoms with Gasteiger partial charge in [-0.1, -0.05) is 29.8 Å². The maximum atomic E-state index is 6.43. The molecule has 0 aliphatic carbocycles. The average molecular weight is 286 g/mol. The predicted molar refractivity (Wildman–Crippen MR) is 83.1 cm³/mol. The van der Waals surface area contributed by atoms with E-state index in [0.29, 0.717) is 5.02 Å². The molecule has 0 radical (unpaired) electrons. The molecule has 1 aromatic carbocycles. The summed E-state index contributed by atoms with van der Waals surface area (Å²) >= 11 is 6.43. The van der Waals surface area contributed by atoms with Gasteiger partial charge in [0.05, 0.1) is 21.9 Å². The number of hydrogen-bond acceptors (Lipinski definition) is 2. The molecular weight excluding hydrogens is 270 g/mol. The van der Waals surface area contributed by atoms with Crippen molar-refractivity contribution in [3.8, 4) is 11.3 Å². The first kappa shape index (κ1) is 13.1. The minimum atomic E-state index is 0.252. The van der Waals surface area contributed by atoms with Gasteiger partial charge in [0.15, 0.2) is 0 Å². The topological polar surface area (TPSA) is 30.7 Å². The molecule has 0 atom stereocenters. The second-order valence-electron chi connectivity index (χ2n) is 5.20. The van der Waals surface area contributed by atoms with Crippen LogP contribution >= 0.6 is 11.6 Å². The van der Waals surface area contributed by atoms with E-state index in [4.69, 9.17) is 11.6 Å². The zero-order chi connectivity index (χ0) is 14.3. The highest BCUT2D eigenvalue weighted by Crippen LogP contribution is 2.33. The summed E-state index contributed by atoms with van der Waals surface area (Å²) in [6, 6.07) is 10.4. The zero-order valence-corrected chi connectivity index (χ0v) is 12.5. The zero-order valence-electron chi connectivity index (χ0n) is 11.8. The predicted octanol–water partition coefficient (Wildman–Crippen LogP) is 4.64. The fourth-order valence-corrected chi connectivity index (χ4v) is 2.59. The lowest BCUT2D eigenvalue weighted by atomic mass is 10.1. The van der Waals surface area contributed by atoms with E-state index in [1.54, 1.807) is 0 Å². The van der Waals surface area contributed by atoms with Crippen molar-refractivity contribution in [2.45, 2.75) is 26.8 Å². The molecule has 3 rings (SSSR count). The molecule has 0 amide bonds. The first-order valence-corrected chi connectivity index (χ1v) is 7.05. The molecule has 0 saturated carbocycles. The number of halogens is 1. The number of nitrogens with zero attached hydrogens (tertiary/aromatic N) is 3. The normalized spacial score (nSPS) is 11.4. The summed E-state index contributed by atoms with van der Waals surface area (Å²) in [5.74, 6) is 0. The summed E-state index contributed by atoms with van der Waals surface area (Å²) in [6.07, 6.45) is 1.86. The maximum Gasteiger partial charge on any atom is 0.0895 e. The summed E-state index contributed by atoms with van der Waals surface area (Å²) in [6.45, 7) is 6.13. The summed E-state index contributed by atoms with van der Waals surface area (Å²) in [5.41, 5.74) is 3.78. The molecule has 0 bridgehead atoms. The Hall–Kier alpha value is -1.87. The van der Waals surface area contributed by atoms with Gasteiger partial charge in [0.2, 0.25) is 0 Å². The summed E-state index contributed by atoms with van der Waals surface area (Å²) < 4.78 is 1.96. The van der Waals surface area contributed by atoms with E-state index in [0.717, 1.165) is 27.9 Å². The molecule has 0 fully saturated rings. The molecule has 0 unspecified atom stereocenters. The van der Waals surface area contributed by atoms with Crippen molar-refractivity contribution in [1.82, 2.24) is 14.8 Å². The van der Waals surface area contributed by atoms with Crippen LogP contribution in [-0.2, 0) is 0 Å². The molecule has 2 heterocycles. The first-order valence-electron chi connectivity index (χ1n) is 6.67. The van der Waals surface area contributed by atoms with Crippen molar-refractivity contribution in [3.05, 3.63) is 47.2 Å². The van der Waals surface area contributed by atoms with Crippen molar-refractivity contribution < 1.29 is 0 Å². The first-order chi connectivity index (χ1) is 9.58. The Labute approximate surface area is 123 Å². The molecule has 0 aliphatic heterocycles. The molecule has 0 saturated heterocycles. The van der Waals surface area contributed by atoms with E-state index in [1.165, 1.54) is 0 Å². The highest BCUT2D eigenvalue weighted by Gasteiger charge is 2.17. The van der Waals surface area contributed by atoms with Gasteiger partial charge in [-0.3, -0.25) is 9.67 Å². The molecule has 3 aromatic rings. The highest BCUT2D eigenvalue weighted by molar-refractivity contribution is 6.33. The van der Waals surface area contributed by atoms with Crippen LogP contribution in [-0.4, -0.2) is 14.8 Å². The van der Waals surface area contributed by atoms with Gasteiger partial charge >= 0.3 is 0 Å². The van der Waals surface area contributed by atoms with Gasteiger partial charge in [-0.2, -0.15) is 5.10 Å². The van der Waals surface area contributed by atoms with Crippen LogP contribution in [0.4, 0.5) is 0 Å². The largest absolute Gasteiger partial charge is 0.260 e. The van der Waals surface area contributed by atoms with Gasteiger partial charge in [-0.25, -0.2) is 0 Å². The van der Waals surface area contributed by atoms with E-state index in [1.807, 2.05) is 36.0 Å². The number of pyridine rings is 1. The van der Waals surface area contributed by atoms with Crippen LogP contribution in [0.5, 0.6) is 0 Å². The lowest BCUT2D eigenvalue weighted by Crippen LogP contribution is -2.05. The Morgan fingerprint density at radius 1 is 1.20 bits per heavy atom. The Balaban J connectivity index is 2.25. The summed E-state index contributed by atoms with van der Waals surface area (Å²) in [4.78, 5) is 4.51. The third-order valence-electron chi connectivity index (χ3n) is 3.37. The van der Waals surface area contributed by atoms with E-state index < -0.39 is 0 Å². The quantitative estimate of drug-likeness (QED) is 0.687. The molecule has 102 valence electrons. The van der Waals surface area contributed by atoms with Crippen molar-refractivity contribution >= 4 is 22.5 Å². The van der Waals surface area contributed by atoms with Gasteiger partial charge in [0.1, 0.15) is 0 Å². The Kier molecular flexibility index (Phi) is 3.22. The fourth-order valence-electron chi connectivity index (χ4n) is 2.36. The second kappa shape index (κ2) is 4.91. The smallest absolute Gasteiger partial charge is 0.0895 e. The Bertz CT molecular complexity index is 774. The molecule has 3 nitrogen and oxygen atoms in total. The Morgan fingerprint density at radius 2 is 1.95 bits per heavy atom. The SMILES string of the molecule is Cc1nn(C(C)C)c(-c2cnc3ccccc3c2)c1Cl. The van der Waals surface area contributed by atoms with Crippen LogP contribution in [0.15, 0.2) is 36.5 Å². The van der Waals surface area contributed by atoms with Crippen LogP contribution in [0.1, 0.15) is 25.6 Å². The van der Waals surface area contributed by atoms with Gasteiger partial charge in [-0.15, -0.1) is 0 Å². The number of para-hydroxylation sites is 1.